The summed E-state index contributed by atoms with van der Waals surface area (Å²) in [5.41, 5.74) is 0.555. The predicted molar refractivity (Wildman–Crippen MR) is 79.0 cm³/mol. The highest BCUT2D eigenvalue weighted by molar-refractivity contribution is 6.37. The third-order valence-electron chi connectivity index (χ3n) is 2.35. The molecule has 0 aliphatic carbocycles. The average Bonchev–Trinajstić information content (AvgIpc) is 2.40. The Labute approximate surface area is 133 Å². The van der Waals surface area contributed by atoms with Gasteiger partial charge in [-0.2, -0.15) is 0 Å². The van der Waals surface area contributed by atoms with E-state index in [1.54, 1.807) is 0 Å². The van der Waals surface area contributed by atoms with Crippen molar-refractivity contribution < 1.29 is 23.8 Å². The largest absolute Gasteiger partial charge is 0.513 e. The second-order valence-corrected chi connectivity index (χ2v) is 5.51. The van der Waals surface area contributed by atoms with Crippen molar-refractivity contribution in [1.82, 2.24) is 0 Å². The lowest BCUT2D eigenvalue weighted by atomic mass is 10.1. The molecule has 0 radical (unpaired) electrons. The van der Waals surface area contributed by atoms with Gasteiger partial charge in [-0.25, -0.2) is 4.79 Å². The Morgan fingerprint density at radius 1 is 1.19 bits per heavy atom. The van der Waals surface area contributed by atoms with Gasteiger partial charge in [0.25, 0.3) is 0 Å². The van der Waals surface area contributed by atoms with Gasteiger partial charge in [0.1, 0.15) is 0 Å². The van der Waals surface area contributed by atoms with Crippen LogP contribution in [0, 0.1) is 5.92 Å². The van der Waals surface area contributed by atoms with Crippen LogP contribution in [-0.4, -0.2) is 25.8 Å². The van der Waals surface area contributed by atoms with Gasteiger partial charge in [0.2, 0.25) is 0 Å². The van der Waals surface area contributed by atoms with Gasteiger partial charge in [-0.05, 0) is 23.6 Å². The zero-order chi connectivity index (χ0) is 16.0. The first-order valence-electron chi connectivity index (χ1n) is 6.22. The van der Waals surface area contributed by atoms with Gasteiger partial charge in [0.15, 0.2) is 5.75 Å². The highest BCUT2D eigenvalue weighted by Gasteiger charge is 2.16. The molecule has 0 saturated carbocycles. The topological polar surface area (TPSA) is 61.8 Å². The van der Waals surface area contributed by atoms with Crippen LogP contribution >= 0.6 is 23.2 Å². The van der Waals surface area contributed by atoms with E-state index in [0.717, 1.165) is 0 Å². The second-order valence-electron chi connectivity index (χ2n) is 4.70. The van der Waals surface area contributed by atoms with Crippen molar-refractivity contribution in [3.8, 4) is 5.75 Å². The lowest BCUT2D eigenvalue weighted by Gasteiger charge is -2.11. The van der Waals surface area contributed by atoms with Crippen molar-refractivity contribution in [1.29, 1.82) is 0 Å². The van der Waals surface area contributed by atoms with Gasteiger partial charge >= 0.3 is 12.1 Å². The molecule has 0 spiro atoms. The number of rotatable bonds is 5. The Bertz CT molecular complexity index is 505. The average molecular weight is 335 g/mol. The minimum atomic E-state index is -0.881. The van der Waals surface area contributed by atoms with Gasteiger partial charge < -0.3 is 14.2 Å². The fourth-order valence-electron chi connectivity index (χ4n) is 1.40. The van der Waals surface area contributed by atoms with Crippen LogP contribution < -0.4 is 4.74 Å². The van der Waals surface area contributed by atoms with Crippen molar-refractivity contribution in [2.24, 2.45) is 5.92 Å². The lowest BCUT2D eigenvalue weighted by Crippen LogP contribution is -2.14. The normalized spacial score (nSPS) is 10.4. The predicted octanol–water partition coefficient (Wildman–Crippen LogP) is 3.88. The molecule has 0 bridgehead atoms. The van der Waals surface area contributed by atoms with E-state index in [0.29, 0.717) is 5.56 Å². The number of hydrogen-bond acceptors (Lipinski definition) is 5. The number of halogens is 2. The zero-order valence-electron chi connectivity index (χ0n) is 11.9. The summed E-state index contributed by atoms with van der Waals surface area (Å²) >= 11 is 12.0. The third-order valence-corrected chi connectivity index (χ3v) is 2.92. The highest BCUT2D eigenvalue weighted by atomic mass is 35.5. The van der Waals surface area contributed by atoms with Crippen LogP contribution in [0.5, 0.6) is 5.75 Å². The minimum Gasteiger partial charge on any atom is -0.469 e. The molecule has 0 saturated heterocycles. The first-order chi connectivity index (χ1) is 9.83. The number of benzene rings is 1. The Morgan fingerprint density at radius 2 is 1.76 bits per heavy atom. The van der Waals surface area contributed by atoms with Gasteiger partial charge in [-0.1, -0.05) is 37.0 Å². The van der Waals surface area contributed by atoms with Crippen molar-refractivity contribution in [2.45, 2.75) is 20.3 Å². The number of methoxy groups -OCH3 is 1. The first kappa shape index (κ1) is 17.6. The van der Waals surface area contributed by atoms with Crippen LogP contribution in [0.1, 0.15) is 19.4 Å². The molecule has 1 aromatic rings. The summed E-state index contributed by atoms with van der Waals surface area (Å²) in [7, 11) is 1.29. The molecule has 0 atom stereocenters. The van der Waals surface area contributed by atoms with Gasteiger partial charge in [0, 0.05) is 0 Å². The van der Waals surface area contributed by atoms with Gasteiger partial charge in [-0.3, -0.25) is 4.79 Å². The van der Waals surface area contributed by atoms with Gasteiger partial charge in [-0.15, -0.1) is 0 Å². The number of carbonyl (C=O) groups excluding carboxylic acids is 2. The van der Waals surface area contributed by atoms with Crippen LogP contribution in [0.25, 0.3) is 0 Å². The monoisotopic (exact) mass is 334 g/mol. The molecular formula is C14H16Cl2O5. The summed E-state index contributed by atoms with van der Waals surface area (Å²) in [6, 6.07) is 2.96. The summed E-state index contributed by atoms with van der Waals surface area (Å²) in [6.45, 7) is 4.03. The lowest BCUT2D eigenvalue weighted by molar-refractivity contribution is -0.139. The molecule has 0 amide bonds. The van der Waals surface area contributed by atoms with E-state index in [2.05, 4.69) is 4.74 Å². The second kappa shape index (κ2) is 8.10. The maximum absolute atomic E-state index is 11.5. The zero-order valence-corrected chi connectivity index (χ0v) is 13.5. The molecule has 0 aromatic heterocycles. The molecule has 0 N–H and O–H groups in total. The van der Waals surface area contributed by atoms with E-state index in [1.807, 2.05) is 13.8 Å². The third kappa shape index (κ3) is 5.81. The van der Waals surface area contributed by atoms with Crippen LogP contribution in [0.3, 0.4) is 0 Å². The molecule has 0 heterocycles. The SMILES string of the molecule is COC(=O)Cc1cc(Cl)c(OC(=O)OCC(C)C)c(Cl)c1. The Balaban J connectivity index is 2.80. The molecular weight excluding hydrogens is 319 g/mol. The summed E-state index contributed by atoms with van der Waals surface area (Å²) < 4.78 is 14.4. The van der Waals surface area contributed by atoms with E-state index in [-0.39, 0.29) is 34.7 Å². The molecule has 7 heteroatoms. The van der Waals surface area contributed by atoms with Crippen LogP contribution in [0.2, 0.25) is 10.0 Å². The van der Waals surface area contributed by atoms with E-state index in [9.17, 15) is 9.59 Å². The van der Waals surface area contributed by atoms with Gasteiger partial charge in [0.05, 0.1) is 30.2 Å². The fraction of sp³-hybridized carbons (Fsp3) is 0.429. The quantitative estimate of drug-likeness (QED) is 0.604. The summed E-state index contributed by atoms with van der Waals surface area (Å²) in [6.07, 6.45) is -0.859. The molecule has 116 valence electrons. The van der Waals surface area contributed by atoms with Crippen molar-refractivity contribution in [3.63, 3.8) is 0 Å². The smallest absolute Gasteiger partial charge is 0.469 e. The molecule has 5 nitrogen and oxygen atoms in total. The molecule has 0 unspecified atom stereocenters. The number of ether oxygens (including phenoxy) is 3. The van der Waals surface area contributed by atoms with Crippen molar-refractivity contribution >= 4 is 35.3 Å². The van der Waals surface area contributed by atoms with E-state index in [1.165, 1.54) is 19.2 Å². The van der Waals surface area contributed by atoms with E-state index in [4.69, 9.17) is 32.7 Å². The number of carbonyl (C=O) groups is 2. The maximum atomic E-state index is 11.5. The molecule has 0 aliphatic heterocycles. The summed E-state index contributed by atoms with van der Waals surface area (Å²) in [5.74, 6) is -0.237. The van der Waals surface area contributed by atoms with Crippen LogP contribution in [-0.2, 0) is 20.7 Å². The molecule has 1 rings (SSSR count). The Kier molecular flexibility index (Phi) is 6.78. The molecule has 0 fully saturated rings. The minimum absolute atomic E-state index is 0.000653. The van der Waals surface area contributed by atoms with Crippen LogP contribution in [0.4, 0.5) is 4.79 Å². The van der Waals surface area contributed by atoms with Crippen molar-refractivity contribution in [3.05, 3.63) is 27.7 Å². The molecule has 0 aliphatic rings. The molecule has 21 heavy (non-hydrogen) atoms. The standard InChI is InChI=1S/C14H16Cl2O5/c1-8(2)7-20-14(18)21-13-10(15)4-9(5-11(13)16)6-12(17)19-3/h4-5,8H,6-7H2,1-3H3. The maximum Gasteiger partial charge on any atom is 0.513 e. The number of esters is 1. The van der Waals surface area contributed by atoms with E-state index < -0.39 is 12.1 Å². The first-order valence-corrected chi connectivity index (χ1v) is 6.98. The molecule has 1 aromatic carbocycles. The Hall–Kier alpha value is -1.46. The van der Waals surface area contributed by atoms with E-state index >= 15 is 0 Å². The fourth-order valence-corrected chi connectivity index (χ4v) is 2.01. The summed E-state index contributed by atoms with van der Waals surface area (Å²) in [4.78, 5) is 22.7. The van der Waals surface area contributed by atoms with Crippen molar-refractivity contribution in [2.75, 3.05) is 13.7 Å². The van der Waals surface area contributed by atoms with Crippen LogP contribution in [0.15, 0.2) is 12.1 Å². The summed E-state index contributed by atoms with van der Waals surface area (Å²) in [5, 5.41) is 0.228. The Morgan fingerprint density at radius 3 is 2.24 bits per heavy atom. The number of hydrogen-bond donors (Lipinski definition) is 0. The highest BCUT2D eigenvalue weighted by Crippen LogP contribution is 2.34.